The highest BCUT2D eigenvalue weighted by Crippen LogP contribution is 2.40. The summed E-state index contributed by atoms with van der Waals surface area (Å²) in [5, 5.41) is 14.2. The van der Waals surface area contributed by atoms with Gasteiger partial charge in [0.1, 0.15) is 5.82 Å². The Morgan fingerprint density at radius 2 is 1.56 bits per heavy atom. The van der Waals surface area contributed by atoms with E-state index in [0.29, 0.717) is 0 Å². The molecule has 4 heterocycles. The molecule has 0 atom stereocenters. The molecule has 4 rings (SSSR count). The number of piperidine rings is 1. The van der Waals surface area contributed by atoms with Crippen LogP contribution in [-0.2, 0) is 28.2 Å². The van der Waals surface area contributed by atoms with Gasteiger partial charge in [-0.1, -0.05) is 0 Å². The fourth-order valence-electron chi connectivity index (χ4n) is 4.08. The summed E-state index contributed by atoms with van der Waals surface area (Å²) in [6, 6.07) is 2.06. The van der Waals surface area contributed by atoms with Gasteiger partial charge in [0.05, 0.1) is 18.1 Å². The predicted octanol–water partition coefficient (Wildman–Crippen LogP) is 3.49. The lowest BCUT2D eigenvalue weighted by molar-refractivity contribution is -0.193. The molecule has 0 radical (unpaired) electrons. The SMILES string of the molecule is Cc1cnc2n1CCN(C)C21CCN(Cc2ccoc2)CC1.O=C(O)C(F)(F)F.O=C(O)C(F)(F)F. The first-order valence-corrected chi connectivity index (χ1v) is 10.7. The van der Waals surface area contributed by atoms with Gasteiger partial charge in [-0.3, -0.25) is 9.80 Å². The number of halogens is 6. The molecule has 0 amide bonds. The maximum Gasteiger partial charge on any atom is 0.490 e. The summed E-state index contributed by atoms with van der Waals surface area (Å²) in [5.74, 6) is -4.23. The Bertz CT molecular complexity index is 987. The van der Waals surface area contributed by atoms with Gasteiger partial charge < -0.3 is 19.2 Å². The Hall–Kier alpha value is -3.07. The predicted molar refractivity (Wildman–Crippen MR) is 112 cm³/mol. The van der Waals surface area contributed by atoms with Crippen LogP contribution in [-0.4, -0.2) is 80.5 Å². The average molecular weight is 528 g/mol. The molecule has 0 bridgehead atoms. The summed E-state index contributed by atoms with van der Waals surface area (Å²) >= 11 is 0. The number of imidazole rings is 1. The molecular weight excluding hydrogens is 502 g/mol. The van der Waals surface area contributed by atoms with Gasteiger partial charge in [-0.15, -0.1) is 0 Å². The van der Waals surface area contributed by atoms with Gasteiger partial charge in [-0.05, 0) is 32.9 Å². The molecule has 0 saturated carbocycles. The number of alkyl halides is 6. The number of rotatable bonds is 2. The van der Waals surface area contributed by atoms with E-state index in [9.17, 15) is 26.3 Å². The Labute approximate surface area is 201 Å². The molecule has 36 heavy (non-hydrogen) atoms. The van der Waals surface area contributed by atoms with Gasteiger partial charge in [0.15, 0.2) is 0 Å². The number of likely N-dealkylation sites (N-methyl/N-ethyl adjacent to an activating group) is 1. The van der Waals surface area contributed by atoms with Gasteiger partial charge in [0.25, 0.3) is 0 Å². The molecule has 202 valence electrons. The van der Waals surface area contributed by atoms with Crippen molar-refractivity contribution in [3.05, 3.63) is 41.9 Å². The lowest BCUT2D eigenvalue weighted by Crippen LogP contribution is -2.56. The number of carboxylic acid groups (broad SMARTS) is 2. The monoisotopic (exact) mass is 528 g/mol. The first-order chi connectivity index (χ1) is 16.6. The topological polar surface area (TPSA) is 112 Å². The first-order valence-electron chi connectivity index (χ1n) is 10.7. The van der Waals surface area contributed by atoms with E-state index in [0.717, 1.165) is 45.6 Å². The number of aryl methyl sites for hydroxylation is 1. The number of carboxylic acids is 2. The van der Waals surface area contributed by atoms with Crippen LogP contribution in [0.15, 0.2) is 29.2 Å². The quantitative estimate of drug-likeness (QED) is 0.570. The summed E-state index contributed by atoms with van der Waals surface area (Å²) in [7, 11) is 2.26. The number of hydrogen-bond donors (Lipinski definition) is 2. The van der Waals surface area contributed by atoms with Crippen LogP contribution in [0, 0.1) is 6.92 Å². The van der Waals surface area contributed by atoms with Crippen molar-refractivity contribution in [1.82, 2.24) is 19.4 Å². The standard InChI is InChI=1S/C17H24N4O.2C2HF3O2/c1-14-11-18-16-17(19(2)8-9-21(14)16)4-6-20(7-5-17)12-15-3-10-22-13-15;2*3-2(4,5)1(6)7/h3,10-11,13H,4-9,12H2,1-2H3;2*(H,6,7). The van der Waals surface area contributed by atoms with Gasteiger partial charge >= 0.3 is 24.3 Å². The van der Waals surface area contributed by atoms with Crippen molar-refractivity contribution in [1.29, 1.82) is 0 Å². The van der Waals surface area contributed by atoms with Crippen LogP contribution in [0.3, 0.4) is 0 Å². The van der Waals surface area contributed by atoms with Crippen LogP contribution in [0.2, 0.25) is 0 Å². The van der Waals surface area contributed by atoms with Crippen LogP contribution < -0.4 is 0 Å². The summed E-state index contributed by atoms with van der Waals surface area (Å²) in [6.07, 6.45) is -2.22. The molecule has 2 N–H and O–H groups in total. The average Bonchev–Trinajstić information content (AvgIpc) is 3.42. The fourth-order valence-corrected chi connectivity index (χ4v) is 4.08. The number of aromatic nitrogens is 2. The summed E-state index contributed by atoms with van der Waals surface area (Å²) < 4.78 is 71.1. The molecule has 2 aromatic heterocycles. The van der Waals surface area contributed by atoms with Crippen LogP contribution >= 0.6 is 0 Å². The van der Waals surface area contributed by atoms with Crippen LogP contribution in [0.1, 0.15) is 29.9 Å². The molecule has 9 nitrogen and oxygen atoms in total. The third kappa shape index (κ3) is 7.22. The normalized spacial score (nSPS) is 17.9. The summed E-state index contributed by atoms with van der Waals surface area (Å²) in [5.41, 5.74) is 2.69. The van der Waals surface area contributed by atoms with E-state index < -0.39 is 24.3 Å². The van der Waals surface area contributed by atoms with E-state index in [-0.39, 0.29) is 5.54 Å². The molecule has 0 aromatic carbocycles. The highest BCUT2D eigenvalue weighted by molar-refractivity contribution is 5.73. The summed E-state index contributed by atoms with van der Waals surface area (Å²) in [6.45, 7) is 7.57. The van der Waals surface area contributed by atoms with Crippen molar-refractivity contribution in [2.45, 2.75) is 50.7 Å². The number of nitrogens with zero attached hydrogens (tertiary/aromatic N) is 4. The van der Waals surface area contributed by atoms with E-state index in [4.69, 9.17) is 29.2 Å². The number of fused-ring (bicyclic) bond motifs is 2. The molecule has 1 fully saturated rings. The Morgan fingerprint density at radius 3 is 2.00 bits per heavy atom. The third-order valence-corrected chi connectivity index (χ3v) is 6.02. The van der Waals surface area contributed by atoms with Crippen LogP contribution in [0.5, 0.6) is 0 Å². The molecule has 15 heteroatoms. The number of aliphatic carboxylic acids is 2. The molecule has 2 aliphatic rings. The second-order valence-corrected chi connectivity index (χ2v) is 8.34. The second kappa shape index (κ2) is 11.3. The molecular formula is C21H26F6N4O5. The minimum absolute atomic E-state index is 0.124. The van der Waals surface area contributed by atoms with Gasteiger partial charge in [-0.2, -0.15) is 26.3 Å². The fraction of sp³-hybridized carbons (Fsp3) is 0.571. The summed E-state index contributed by atoms with van der Waals surface area (Å²) in [4.78, 5) is 27.6. The maximum absolute atomic E-state index is 10.6. The first kappa shape index (κ1) is 29.2. The van der Waals surface area contributed by atoms with Crippen molar-refractivity contribution >= 4 is 11.9 Å². The van der Waals surface area contributed by atoms with Crippen molar-refractivity contribution in [3.8, 4) is 0 Å². The molecule has 1 saturated heterocycles. The van der Waals surface area contributed by atoms with E-state index in [1.807, 2.05) is 12.5 Å². The number of hydrogen-bond acceptors (Lipinski definition) is 6. The second-order valence-electron chi connectivity index (χ2n) is 8.34. The zero-order chi connectivity index (χ0) is 27.3. The number of likely N-dealkylation sites (tertiary alicyclic amines) is 1. The minimum Gasteiger partial charge on any atom is -0.475 e. The Balaban J connectivity index is 0.000000271. The molecule has 2 aromatic rings. The van der Waals surface area contributed by atoms with E-state index >= 15 is 0 Å². The molecule has 1 spiro atoms. The van der Waals surface area contributed by atoms with E-state index in [1.165, 1.54) is 17.1 Å². The van der Waals surface area contributed by atoms with Crippen molar-refractivity contribution in [2.75, 3.05) is 26.7 Å². The molecule has 0 aliphatic carbocycles. The Morgan fingerprint density at radius 1 is 1.03 bits per heavy atom. The van der Waals surface area contributed by atoms with Gasteiger partial charge in [0, 0.05) is 50.2 Å². The maximum atomic E-state index is 10.6. The number of carbonyl (C=O) groups is 2. The lowest BCUT2D eigenvalue weighted by Gasteiger charge is -2.49. The van der Waals surface area contributed by atoms with Crippen molar-refractivity contribution < 1.29 is 50.6 Å². The molecule has 0 unspecified atom stereocenters. The zero-order valence-corrected chi connectivity index (χ0v) is 19.4. The Kier molecular flexibility index (Phi) is 9.18. The number of furan rings is 1. The van der Waals surface area contributed by atoms with E-state index in [1.54, 1.807) is 6.26 Å². The van der Waals surface area contributed by atoms with Gasteiger partial charge in [0.2, 0.25) is 0 Å². The van der Waals surface area contributed by atoms with Crippen LogP contribution in [0.4, 0.5) is 26.3 Å². The highest BCUT2D eigenvalue weighted by atomic mass is 19.4. The van der Waals surface area contributed by atoms with E-state index in [2.05, 4.69) is 34.4 Å². The smallest absolute Gasteiger partial charge is 0.475 e. The highest BCUT2D eigenvalue weighted by Gasteiger charge is 2.45. The largest absolute Gasteiger partial charge is 0.490 e. The minimum atomic E-state index is -5.08. The lowest BCUT2D eigenvalue weighted by atomic mass is 9.83. The van der Waals surface area contributed by atoms with Crippen molar-refractivity contribution in [2.24, 2.45) is 0 Å². The van der Waals surface area contributed by atoms with Crippen LogP contribution in [0.25, 0.3) is 0 Å². The third-order valence-electron chi connectivity index (χ3n) is 6.02. The van der Waals surface area contributed by atoms with Gasteiger partial charge in [-0.25, -0.2) is 14.6 Å². The van der Waals surface area contributed by atoms with Crippen molar-refractivity contribution in [3.63, 3.8) is 0 Å². The molecule has 2 aliphatic heterocycles. The zero-order valence-electron chi connectivity index (χ0n) is 19.4.